The molecule has 1 fully saturated rings. The summed E-state index contributed by atoms with van der Waals surface area (Å²) in [6.07, 6.45) is 4.51. The number of rotatable bonds is 8. The molecule has 7 heteroatoms. The van der Waals surface area contributed by atoms with Gasteiger partial charge < -0.3 is 10.6 Å². The molecule has 1 saturated heterocycles. The van der Waals surface area contributed by atoms with Gasteiger partial charge in [0.05, 0.1) is 11.7 Å². The Morgan fingerprint density at radius 3 is 2.63 bits per heavy atom. The van der Waals surface area contributed by atoms with E-state index in [1.165, 1.54) is 0 Å². The second kappa shape index (κ2) is 7.21. The molecule has 6 nitrogen and oxygen atoms in total. The highest BCUT2D eigenvalue weighted by Crippen LogP contribution is 2.31. The minimum absolute atomic E-state index is 0.0960. The largest absolute Gasteiger partial charge is 0.356 e. The maximum absolute atomic E-state index is 12.2. The molecule has 1 rings (SSSR count). The first-order valence-electron chi connectivity index (χ1n) is 6.83. The van der Waals surface area contributed by atoms with E-state index in [0.717, 1.165) is 38.6 Å². The van der Waals surface area contributed by atoms with Gasteiger partial charge in [-0.05, 0) is 25.8 Å². The molecule has 0 aromatic heterocycles. The number of hydrogen-bond acceptors (Lipinski definition) is 4. The van der Waals surface area contributed by atoms with E-state index in [-0.39, 0.29) is 11.3 Å². The van der Waals surface area contributed by atoms with Gasteiger partial charge in [-0.3, -0.25) is 4.79 Å². The summed E-state index contributed by atoms with van der Waals surface area (Å²) in [5.74, 6) is 0.0960. The highest BCUT2D eigenvalue weighted by Gasteiger charge is 2.39. The minimum atomic E-state index is -3.13. The van der Waals surface area contributed by atoms with Gasteiger partial charge in [0.25, 0.3) is 0 Å². The zero-order valence-corrected chi connectivity index (χ0v) is 12.6. The molecule has 3 N–H and O–H groups in total. The third-order valence-corrected chi connectivity index (χ3v) is 4.19. The number of nitrogens with one attached hydrogen (secondary N) is 3. The van der Waals surface area contributed by atoms with Gasteiger partial charge in [0.1, 0.15) is 0 Å². The summed E-state index contributed by atoms with van der Waals surface area (Å²) in [4.78, 5) is 12.2. The van der Waals surface area contributed by atoms with Gasteiger partial charge in [-0.25, -0.2) is 13.1 Å². The van der Waals surface area contributed by atoms with E-state index in [1.807, 2.05) is 0 Å². The van der Waals surface area contributed by atoms with Crippen molar-refractivity contribution in [3.63, 3.8) is 0 Å². The van der Waals surface area contributed by atoms with Crippen molar-refractivity contribution in [3.8, 4) is 0 Å². The molecule has 1 aliphatic heterocycles. The molecule has 0 radical (unpaired) electrons. The van der Waals surface area contributed by atoms with Gasteiger partial charge in [0.2, 0.25) is 15.9 Å². The van der Waals surface area contributed by atoms with Crippen LogP contribution in [0.15, 0.2) is 0 Å². The van der Waals surface area contributed by atoms with Crippen LogP contribution in [0, 0.1) is 5.41 Å². The fraction of sp³-hybridized carbons (Fsp3) is 0.917. The number of amides is 1. The van der Waals surface area contributed by atoms with Crippen molar-refractivity contribution < 1.29 is 13.2 Å². The molecule has 0 spiro atoms. The quantitative estimate of drug-likeness (QED) is 0.542. The summed E-state index contributed by atoms with van der Waals surface area (Å²) in [7, 11) is -3.13. The molecule has 0 saturated carbocycles. The summed E-state index contributed by atoms with van der Waals surface area (Å²) in [6, 6.07) is 0. The van der Waals surface area contributed by atoms with Crippen molar-refractivity contribution in [1.29, 1.82) is 0 Å². The lowest BCUT2D eigenvalue weighted by Gasteiger charge is -2.26. The van der Waals surface area contributed by atoms with E-state index in [0.29, 0.717) is 19.5 Å². The fourth-order valence-electron chi connectivity index (χ4n) is 2.48. The Bertz CT molecular complexity index is 389. The maximum atomic E-state index is 12.2. The van der Waals surface area contributed by atoms with Crippen LogP contribution in [0.3, 0.4) is 0 Å². The number of carbonyl (C=O) groups excluding carboxylic acids is 1. The van der Waals surface area contributed by atoms with Crippen molar-refractivity contribution in [3.05, 3.63) is 0 Å². The highest BCUT2D eigenvalue weighted by molar-refractivity contribution is 7.88. The Kier molecular flexibility index (Phi) is 6.22. The Balaban J connectivity index is 2.30. The monoisotopic (exact) mass is 291 g/mol. The first kappa shape index (κ1) is 16.4. The Hall–Kier alpha value is -0.660. The standard InChI is InChI=1S/C12H25N3O3S/c1-3-5-12(6-9-13-10-12)11(16)14-7-4-8-15-19(2,17)18/h13,15H,3-10H2,1-2H3,(H,14,16). The van der Waals surface area contributed by atoms with E-state index in [1.54, 1.807) is 0 Å². The highest BCUT2D eigenvalue weighted by atomic mass is 32.2. The second-order valence-electron chi connectivity index (χ2n) is 5.23. The maximum Gasteiger partial charge on any atom is 0.227 e. The first-order valence-corrected chi connectivity index (χ1v) is 8.72. The van der Waals surface area contributed by atoms with Gasteiger partial charge >= 0.3 is 0 Å². The molecule has 19 heavy (non-hydrogen) atoms. The SMILES string of the molecule is CCCC1(C(=O)NCCCNS(C)(=O)=O)CCNC1. The van der Waals surface area contributed by atoms with Crippen LogP contribution in [0.4, 0.5) is 0 Å². The van der Waals surface area contributed by atoms with Crippen LogP contribution in [0.2, 0.25) is 0 Å². The predicted octanol–water partition coefficient (Wildman–Crippen LogP) is -0.178. The third kappa shape index (κ3) is 5.46. The topological polar surface area (TPSA) is 87.3 Å². The van der Waals surface area contributed by atoms with Crippen LogP contribution >= 0.6 is 0 Å². The molecular weight excluding hydrogens is 266 g/mol. The summed E-state index contributed by atoms with van der Waals surface area (Å²) < 4.78 is 24.1. The predicted molar refractivity (Wildman–Crippen MR) is 75.3 cm³/mol. The first-order chi connectivity index (χ1) is 8.90. The Morgan fingerprint density at radius 2 is 2.11 bits per heavy atom. The Labute approximate surface area is 115 Å². The summed E-state index contributed by atoms with van der Waals surface area (Å²) in [6.45, 7) is 4.59. The van der Waals surface area contributed by atoms with Gasteiger partial charge in [-0.1, -0.05) is 13.3 Å². The van der Waals surface area contributed by atoms with Crippen LogP contribution < -0.4 is 15.4 Å². The number of sulfonamides is 1. The molecule has 112 valence electrons. The van der Waals surface area contributed by atoms with Crippen LogP contribution in [0.25, 0.3) is 0 Å². The molecule has 1 aliphatic rings. The van der Waals surface area contributed by atoms with E-state index in [2.05, 4.69) is 22.3 Å². The lowest BCUT2D eigenvalue weighted by molar-refractivity contribution is -0.130. The lowest BCUT2D eigenvalue weighted by atomic mass is 9.81. The molecule has 1 unspecified atom stereocenters. The molecular formula is C12H25N3O3S. The van der Waals surface area contributed by atoms with E-state index >= 15 is 0 Å². The number of hydrogen-bond donors (Lipinski definition) is 3. The smallest absolute Gasteiger partial charge is 0.227 e. The average molecular weight is 291 g/mol. The van der Waals surface area contributed by atoms with E-state index < -0.39 is 10.0 Å². The van der Waals surface area contributed by atoms with Crippen molar-refractivity contribution in [2.75, 3.05) is 32.4 Å². The summed E-state index contributed by atoms with van der Waals surface area (Å²) in [5, 5.41) is 6.17. The zero-order valence-electron chi connectivity index (χ0n) is 11.8. The van der Waals surface area contributed by atoms with Gasteiger partial charge in [-0.2, -0.15) is 0 Å². The van der Waals surface area contributed by atoms with Gasteiger partial charge in [0.15, 0.2) is 0 Å². The molecule has 0 aliphatic carbocycles. The van der Waals surface area contributed by atoms with Crippen molar-refractivity contribution in [1.82, 2.24) is 15.4 Å². The second-order valence-corrected chi connectivity index (χ2v) is 7.07. The fourth-order valence-corrected chi connectivity index (χ4v) is 2.99. The molecule has 1 heterocycles. The van der Waals surface area contributed by atoms with Gasteiger partial charge in [0, 0.05) is 19.6 Å². The average Bonchev–Trinajstić information content (AvgIpc) is 2.77. The van der Waals surface area contributed by atoms with E-state index in [4.69, 9.17) is 0 Å². The summed E-state index contributed by atoms with van der Waals surface area (Å²) in [5.41, 5.74) is -0.265. The molecule has 0 aromatic carbocycles. The van der Waals surface area contributed by atoms with Gasteiger partial charge in [-0.15, -0.1) is 0 Å². The number of carbonyl (C=O) groups is 1. The zero-order chi connectivity index (χ0) is 14.4. The lowest BCUT2D eigenvalue weighted by Crippen LogP contribution is -2.43. The van der Waals surface area contributed by atoms with E-state index in [9.17, 15) is 13.2 Å². The molecule has 1 amide bonds. The molecule has 0 aromatic rings. The normalized spacial score (nSPS) is 23.5. The van der Waals surface area contributed by atoms with Crippen LogP contribution in [0.5, 0.6) is 0 Å². The van der Waals surface area contributed by atoms with Crippen molar-refractivity contribution in [2.24, 2.45) is 5.41 Å². The molecule has 1 atom stereocenters. The van der Waals surface area contributed by atoms with Crippen LogP contribution in [0.1, 0.15) is 32.6 Å². The third-order valence-electron chi connectivity index (χ3n) is 3.46. The van der Waals surface area contributed by atoms with Crippen LogP contribution in [-0.2, 0) is 14.8 Å². The summed E-state index contributed by atoms with van der Waals surface area (Å²) >= 11 is 0. The Morgan fingerprint density at radius 1 is 1.37 bits per heavy atom. The van der Waals surface area contributed by atoms with Crippen molar-refractivity contribution >= 4 is 15.9 Å². The minimum Gasteiger partial charge on any atom is -0.356 e. The molecule has 0 bridgehead atoms. The van der Waals surface area contributed by atoms with Crippen LogP contribution in [-0.4, -0.2) is 46.8 Å². The van der Waals surface area contributed by atoms with Crippen molar-refractivity contribution in [2.45, 2.75) is 32.6 Å².